The van der Waals surface area contributed by atoms with E-state index >= 15 is 0 Å². The van der Waals surface area contributed by atoms with Crippen LogP contribution in [0.1, 0.15) is 21.7 Å². The minimum Gasteiger partial charge on any atom is -0.488 e. The third-order valence-electron chi connectivity index (χ3n) is 3.63. The van der Waals surface area contributed by atoms with E-state index in [0.717, 1.165) is 16.7 Å². The number of ether oxygens (including phenoxy) is 1. The Morgan fingerprint density at radius 2 is 2.22 bits per heavy atom. The summed E-state index contributed by atoms with van der Waals surface area (Å²) in [5, 5.41) is 6.38. The van der Waals surface area contributed by atoms with Crippen LogP contribution in [-0.2, 0) is 13.2 Å². The highest BCUT2D eigenvalue weighted by Crippen LogP contribution is 2.37. The van der Waals surface area contributed by atoms with E-state index in [-0.39, 0.29) is 12.5 Å². The molecule has 1 aromatic carbocycles. The van der Waals surface area contributed by atoms with E-state index < -0.39 is 0 Å². The monoisotopic (exact) mass is 308 g/mol. The number of carbonyl (C=O) groups excluding carboxylic acids is 1. The van der Waals surface area contributed by atoms with E-state index in [1.54, 1.807) is 24.5 Å². The van der Waals surface area contributed by atoms with E-state index in [4.69, 9.17) is 4.74 Å². The molecule has 1 N–H and O–H groups in total. The Labute approximate surface area is 131 Å². The van der Waals surface area contributed by atoms with Gasteiger partial charge in [0.05, 0.1) is 6.54 Å². The van der Waals surface area contributed by atoms with Crippen LogP contribution in [0.4, 0.5) is 0 Å². The average molecular weight is 308 g/mol. The molecule has 0 saturated carbocycles. The van der Waals surface area contributed by atoms with Gasteiger partial charge in [0.1, 0.15) is 12.4 Å². The van der Waals surface area contributed by atoms with Crippen molar-refractivity contribution < 1.29 is 14.1 Å². The van der Waals surface area contributed by atoms with Gasteiger partial charge < -0.3 is 14.6 Å². The molecule has 23 heavy (non-hydrogen) atoms. The molecule has 0 saturated heterocycles. The van der Waals surface area contributed by atoms with E-state index in [9.17, 15) is 4.79 Å². The van der Waals surface area contributed by atoms with Gasteiger partial charge in [-0.15, -0.1) is 0 Å². The molecule has 0 bridgehead atoms. The second-order valence-electron chi connectivity index (χ2n) is 5.06. The van der Waals surface area contributed by atoms with Crippen molar-refractivity contribution in [1.82, 2.24) is 20.4 Å². The van der Waals surface area contributed by atoms with Gasteiger partial charge in [-0.3, -0.25) is 9.78 Å². The van der Waals surface area contributed by atoms with Crippen molar-refractivity contribution in [3.05, 3.63) is 60.0 Å². The number of pyridine rings is 1. The summed E-state index contributed by atoms with van der Waals surface area (Å²) < 4.78 is 10.4. The molecule has 0 aliphatic carbocycles. The van der Waals surface area contributed by atoms with Gasteiger partial charge in [-0.05, 0) is 29.8 Å². The zero-order valence-electron chi connectivity index (χ0n) is 12.0. The number of fused-ring (bicyclic) bond motifs is 3. The van der Waals surface area contributed by atoms with E-state index in [1.165, 1.54) is 6.39 Å². The summed E-state index contributed by atoms with van der Waals surface area (Å²) in [4.78, 5) is 20.2. The molecular formula is C16H12N4O3. The maximum atomic E-state index is 12.2. The Hall–Kier alpha value is -3.22. The second kappa shape index (κ2) is 5.53. The molecule has 114 valence electrons. The molecule has 7 heteroatoms. The fraction of sp³-hybridized carbons (Fsp3) is 0.125. The molecule has 3 aromatic rings. The predicted molar refractivity (Wildman–Crippen MR) is 79.5 cm³/mol. The molecular weight excluding hydrogens is 296 g/mol. The summed E-state index contributed by atoms with van der Waals surface area (Å²) in [6.45, 7) is 0.659. The minimum absolute atomic E-state index is 0.210. The number of hydrogen-bond acceptors (Lipinski definition) is 6. The highest BCUT2D eigenvalue weighted by Gasteiger charge is 2.19. The fourth-order valence-electron chi connectivity index (χ4n) is 2.50. The zero-order chi connectivity index (χ0) is 15.6. The van der Waals surface area contributed by atoms with Gasteiger partial charge in [0.2, 0.25) is 6.39 Å². The van der Waals surface area contributed by atoms with E-state index in [0.29, 0.717) is 23.7 Å². The first-order valence-electron chi connectivity index (χ1n) is 7.05. The Morgan fingerprint density at radius 1 is 1.26 bits per heavy atom. The number of carbonyl (C=O) groups is 1. The summed E-state index contributed by atoms with van der Waals surface area (Å²) >= 11 is 0. The third-order valence-corrected chi connectivity index (χ3v) is 3.63. The van der Waals surface area contributed by atoms with Gasteiger partial charge in [-0.1, -0.05) is 5.16 Å². The quantitative estimate of drug-likeness (QED) is 0.795. The standard InChI is InChI=1S/C16H12N4O3/c21-16(18-7-15-19-9-23-20-15)10-1-2-13-12-3-4-17-6-11(12)8-22-14(13)5-10/h1-6,9H,7-8H2,(H,18,21). The van der Waals surface area contributed by atoms with E-state index in [1.807, 2.05) is 12.1 Å². The van der Waals surface area contributed by atoms with Crippen molar-refractivity contribution in [3.8, 4) is 16.9 Å². The Balaban J connectivity index is 1.57. The van der Waals surface area contributed by atoms with Crippen LogP contribution < -0.4 is 10.1 Å². The molecule has 1 amide bonds. The lowest BCUT2D eigenvalue weighted by Crippen LogP contribution is -2.23. The lowest BCUT2D eigenvalue weighted by molar-refractivity contribution is 0.0949. The molecule has 7 nitrogen and oxygen atoms in total. The Kier molecular flexibility index (Phi) is 3.23. The Bertz CT molecular complexity index is 862. The number of benzene rings is 1. The molecule has 1 aliphatic rings. The maximum absolute atomic E-state index is 12.2. The van der Waals surface area contributed by atoms with Gasteiger partial charge in [-0.2, -0.15) is 4.98 Å². The first kappa shape index (κ1) is 13.4. The van der Waals surface area contributed by atoms with Gasteiger partial charge >= 0.3 is 0 Å². The van der Waals surface area contributed by atoms with Gasteiger partial charge in [0, 0.05) is 29.1 Å². The normalized spacial score (nSPS) is 12.0. The number of rotatable bonds is 3. The number of nitrogens with one attached hydrogen (secondary N) is 1. The molecule has 0 atom stereocenters. The molecule has 1 aliphatic heterocycles. The topological polar surface area (TPSA) is 90.1 Å². The first-order chi connectivity index (χ1) is 11.3. The predicted octanol–water partition coefficient (Wildman–Crippen LogP) is 1.95. The molecule has 3 heterocycles. The maximum Gasteiger partial charge on any atom is 0.251 e. The van der Waals surface area contributed by atoms with Gasteiger partial charge in [0.25, 0.3) is 5.91 Å². The second-order valence-corrected chi connectivity index (χ2v) is 5.06. The molecule has 2 aromatic heterocycles. The zero-order valence-corrected chi connectivity index (χ0v) is 12.0. The fourth-order valence-corrected chi connectivity index (χ4v) is 2.50. The smallest absolute Gasteiger partial charge is 0.251 e. The number of aromatic nitrogens is 3. The minimum atomic E-state index is -0.221. The average Bonchev–Trinajstić information content (AvgIpc) is 3.12. The Morgan fingerprint density at radius 3 is 3.09 bits per heavy atom. The summed E-state index contributed by atoms with van der Waals surface area (Å²) in [6.07, 6.45) is 4.77. The van der Waals surface area contributed by atoms with Crippen LogP contribution in [-0.4, -0.2) is 21.0 Å². The molecule has 0 spiro atoms. The van der Waals surface area contributed by atoms with Crippen LogP contribution in [0.2, 0.25) is 0 Å². The molecule has 4 rings (SSSR count). The van der Waals surface area contributed by atoms with Gasteiger partial charge in [0.15, 0.2) is 5.82 Å². The summed E-state index contributed by atoms with van der Waals surface area (Å²) in [7, 11) is 0. The van der Waals surface area contributed by atoms with Crippen LogP contribution >= 0.6 is 0 Å². The largest absolute Gasteiger partial charge is 0.488 e. The van der Waals surface area contributed by atoms with Gasteiger partial charge in [-0.25, -0.2) is 0 Å². The summed E-state index contributed by atoms with van der Waals surface area (Å²) in [5.74, 6) is 0.895. The molecule has 0 fully saturated rings. The van der Waals surface area contributed by atoms with Crippen molar-refractivity contribution in [1.29, 1.82) is 0 Å². The highest BCUT2D eigenvalue weighted by molar-refractivity contribution is 5.95. The van der Waals surface area contributed by atoms with E-state index in [2.05, 4.69) is 25.0 Å². The van der Waals surface area contributed by atoms with Crippen molar-refractivity contribution in [2.45, 2.75) is 13.2 Å². The lowest BCUT2D eigenvalue weighted by atomic mass is 9.97. The van der Waals surface area contributed by atoms with Crippen molar-refractivity contribution >= 4 is 5.91 Å². The van der Waals surface area contributed by atoms with Crippen LogP contribution in [0, 0.1) is 0 Å². The number of nitrogens with zero attached hydrogens (tertiary/aromatic N) is 3. The van der Waals surface area contributed by atoms with Crippen molar-refractivity contribution in [2.75, 3.05) is 0 Å². The third kappa shape index (κ3) is 2.52. The van der Waals surface area contributed by atoms with Crippen molar-refractivity contribution in [2.24, 2.45) is 0 Å². The van der Waals surface area contributed by atoms with Crippen LogP contribution in [0.5, 0.6) is 5.75 Å². The number of amides is 1. The van der Waals surface area contributed by atoms with Crippen LogP contribution in [0.3, 0.4) is 0 Å². The van der Waals surface area contributed by atoms with Crippen LogP contribution in [0.25, 0.3) is 11.1 Å². The van der Waals surface area contributed by atoms with Crippen molar-refractivity contribution in [3.63, 3.8) is 0 Å². The molecule has 0 radical (unpaired) electrons. The van der Waals surface area contributed by atoms with Crippen LogP contribution in [0.15, 0.2) is 47.6 Å². The summed E-state index contributed by atoms with van der Waals surface area (Å²) in [5.41, 5.74) is 3.60. The first-order valence-corrected chi connectivity index (χ1v) is 7.05. The lowest BCUT2D eigenvalue weighted by Gasteiger charge is -2.20. The summed E-state index contributed by atoms with van der Waals surface area (Å²) in [6, 6.07) is 7.34. The SMILES string of the molecule is O=C(NCc1ncon1)c1ccc2c(c1)OCc1cnccc1-2. The molecule has 0 unspecified atom stereocenters. The number of hydrogen-bond donors (Lipinski definition) is 1. The highest BCUT2D eigenvalue weighted by atomic mass is 16.5.